The molecule has 3 N–H and O–H groups in total. The summed E-state index contributed by atoms with van der Waals surface area (Å²) in [4.78, 5) is 8.71. The second-order valence-corrected chi connectivity index (χ2v) is 8.86. The van der Waals surface area contributed by atoms with Crippen molar-refractivity contribution in [2.75, 3.05) is 6.61 Å². The van der Waals surface area contributed by atoms with Gasteiger partial charge in [0.2, 0.25) is 5.13 Å². The summed E-state index contributed by atoms with van der Waals surface area (Å²) in [5.41, 5.74) is 7.28. The Kier molecular flexibility index (Phi) is 5.31. The fourth-order valence-corrected chi connectivity index (χ4v) is 4.63. The largest absolute Gasteiger partial charge is 0.388 e. The topological polar surface area (TPSA) is 118 Å². The van der Waals surface area contributed by atoms with Gasteiger partial charge in [-0.3, -0.25) is 0 Å². The highest BCUT2D eigenvalue weighted by atomic mass is 35.5. The predicted molar refractivity (Wildman–Crippen MR) is 108 cm³/mol. The zero-order chi connectivity index (χ0) is 20.8. The summed E-state index contributed by atoms with van der Waals surface area (Å²) in [5, 5.41) is 15.9. The fraction of sp³-hybridized carbons (Fsp3) is 0.421. The third kappa shape index (κ3) is 3.54. The van der Waals surface area contributed by atoms with Crippen LogP contribution in [0, 0.1) is 6.92 Å². The number of hydrogen-bond acceptors (Lipinski definition) is 9. The second kappa shape index (κ2) is 7.97. The van der Waals surface area contributed by atoms with Crippen LogP contribution in [0.25, 0.3) is 5.13 Å². The molecule has 4 heterocycles. The Labute approximate surface area is 181 Å². The standard InChI is InChI=1S/C19H20ClN5O4S/c1-9-23-17(25(24-9)19-22-7-12(20)30-19)16-14(26)13(21)15-11(28-16)8-27-18(29-15)10-5-3-2-4-6-10/h2-7,11,13-16,18,26H,8,21H2,1H3/t11?,13-,14?,15+,16-,18?/m1/s1. The van der Waals surface area contributed by atoms with Gasteiger partial charge in [-0.1, -0.05) is 53.3 Å². The van der Waals surface area contributed by atoms with Crippen molar-refractivity contribution >= 4 is 22.9 Å². The number of fused-ring (bicyclic) bond motifs is 1. The van der Waals surface area contributed by atoms with E-state index in [-0.39, 0.29) is 6.61 Å². The molecule has 3 aromatic rings. The molecular weight excluding hydrogens is 430 g/mol. The number of benzene rings is 1. The lowest BCUT2D eigenvalue weighted by Crippen LogP contribution is -2.62. The molecule has 30 heavy (non-hydrogen) atoms. The van der Waals surface area contributed by atoms with E-state index in [0.717, 1.165) is 5.56 Å². The molecule has 2 fully saturated rings. The van der Waals surface area contributed by atoms with Crippen LogP contribution in [0.5, 0.6) is 0 Å². The Morgan fingerprint density at radius 1 is 1.27 bits per heavy atom. The first-order valence-electron chi connectivity index (χ1n) is 9.47. The Hall–Kier alpha value is -1.92. The maximum Gasteiger partial charge on any atom is 0.213 e. The zero-order valence-corrected chi connectivity index (χ0v) is 17.5. The van der Waals surface area contributed by atoms with Crippen LogP contribution in [0.4, 0.5) is 0 Å². The van der Waals surface area contributed by atoms with E-state index >= 15 is 0 Å². The van der Waals surface area contributed by atoms with Crippen molar-refractivity contribution in [2.24, 2.45) is 5.73 Å². The summed E-state index contributed by atoms with van der Waals surface area (Å²) in [6.07, 6.45) is -1.88. The van der Waals surface area contributed by atoms with Crippen molar-refractivity contribution in [1.82, 2.24) is 19.7 Å². The summed E-state index contributed by atoms with van der Waals surface area (Å²) in [7, 11) is 0. The molecule has 6 atom stereocenters. The third-order valence-corrected chi connectivity index (χ3v) is 6.27. The number of ether oxygens (including phenoxy) is 3. The minimum atomic E-state index is -1.06. The molecule has 0 aliphatic carbocycles. The van der Waals surface area contributed by atoms with E-state index in [9.17, 15) is 5.11 Å². The average Bonchev–Trinajstić information content (AvgIpc) is 3.36. The summed E-state index contributed by atoms with van der Waals surface area (Å²) in [6.45, 7) is 2.03. The summed E-state index contributed by atoms with van der Waals surface area (Å²) < 4.78 is 20.2. The summed E-state index contributed by atoms with van der Waals surface area (Å²) in [6, 6.07) is 8.89. The minimum absolute atomic E-state index is 0.275. The lowest BCUT2D eigenvalue weighted by molar-refractivity contribution is -0.309. The molecule has 158 valence electrons. The molecule has 3 unspecified atom stereocenters. The lowest BCUT2D eigenvalue weighted by Gasteiger charge is -2.46. The monoisotopic (exact) mass is 449 g/mol. The van der Waals surface area contributed by atoms with Gasteiger partial charge in [-0.05, 0) is 6.92 Å². The van der Waals surface area contributed by atoms with Gasteiger partial charge < -0.3 is 25.1 Å². The molecule has 9 nitrogen and oxygen atoms in total. The number of halogens is 1. The van der Waals surface area contributed by atoms with Crippen LogP contribution in [0.1, 0.15) is 29.6 Å². The first-order chi connectivity index (χ1) is 14.5. The minimum Gasteiger partial charge on any atom is -0.388 e. The van der Waals surface area contributed by atoms with Gasteiger partial charge in [-0.25, -0.2) is 9.97 Å². The fourth-order valence-electron chi connectivity index (χ4n) is 3.77. The van der Waals surface area contributed by atoms with Gasteiger partial charge in [0.15, 0.2) is 12.1 Å². The van der Waals surface area contributed by atoms with E-state index in [4.69, 9.17) is 31.5 Å². The first kappa shape index (κ1) is 20.0. The zero-order valence-electron chi connectivity index (χ0n) is 16.0. The quantitative estimate of drug-likeness (QED) is 0.622. The van der Waals surface area contributed by atoms with Crippen molar-refractivity contribution in [3.8, 4) is 5.13 Å². The van der Waals surface area contributed by atoms with Crippen molar-refractivity contribution in [3.05, 3.63) is 58.1 Å². The van der Waals surface area contributed by atoms with E-state index < -0.39 is 36.7 Å². The van der Waals surface area contributed by atoms with Crippen molar-refractivity contribution in [2.45, 2.75) is 43.7 Å². The van der Waals surface area contributed by atoms with Crippen LogP contribution in [0.3, 0.4) is 0 Å². The van der Waals surface area contributed by atoms with E-state index in [0.29, 0.717) is 21.1 Å². The molecule has 2 aromatic heterocycles. The maximum absolute atomic E-state index is 11.0. The van der Waals surface area contributed by atoms with Gasteiger partial charge in [0.25, 0.3) is 0 Å². The molecule has 0 radical (unpaired) electrons. The number of thiazole rings is 1. The normalized spacial score (nSPS) is 31.5. The van der Waals surface area contributed by atoms with Gasteiger partial charge in [-0.15, -0.1) is 5.10 Å². The summed E-state index contributed by atoms with van der Waals surface area (Å²) >= 11 is 7.28. The van der Waals surface area contributed by atoms with Gasteiger partial charge in [0.05, 0.1) is 18.8 Å². The third-order valence-electron chi connectivity index (χ3n) is 5.18. The lowest BCUT2D eigenvalue weighted by atomic mass is 9.92. The van der Waals surface area contributed by atoms with Crippen LogP contribution >= 0.6 is 22.9 Å². The maximum atomic E-state index is 11.0. The smallest absolute Gasteiger partial charge is 0.213 e. The highest BCUT2D eigenvalue weighted by Gasteiger charge is 2.49. The van der Waals surface area contributed by atoms with Gasteiger partial charge in [-0.2, -0.15) is 4.68 Å². The van der Waals surface area contributed by atoms with Crippen molar-refractivity contribution < 1.29 is 19.3 Å². The molecule has 2 saturated heterocycles. The van der Waals surface area contributed by atoms with E-state index in [1.54, 1.807) is 6.92 Å². The number of rotatable bonds is 3. The Bertz CT molecular complexity index is 1030. The number of aryl methyl sites for hydroxylation is 1. The Balaban J connectivity index is 1.41. The highest BCUT2D eigenvalue weighted by Crippen LogP contribution is 2.38. The molecule has 0 saturated carbocycles. The number of nitrogens with two attached hydrogens (primary N) is 1. The van der Waals surface area contributed by atoms with Gasteiger partial charge in [0.1, 0.15) is 34.6 Å². The first-order valence-corrected chi connectivity index (χ1v) is 10.7. The Morgan fingerprint density at radius 2 is 2.07 bits per heavy atom. The van der Waals surface area contributed by atoms with E-state index in [2.05, 4.69) is 15.1 Å². The molecule has 5 rings (SSSR count). The molecular formula is C19H20ClN5O4S. The number of hydrogen-bond donors (Lipinski definition) is 2. The highest BCUT2D eigenvalue weighted by molar-refractivity contribution is 7.18. The molecule has 2 aliphatic heterocycles. The predicted octanol–water partition coefficient (Wildman–Crippen LogP) is 1.93. The molecule has 0 spiro atoms. The number of aromatic nitrogens is 4. The molecule has 2 aliphatic rings. The van der Waals surface area contributed by atoms with Crippen LogP contribution < -0.4 is 5.73 Å². The molecule has 0 amide bonds. The van der Waals surface area contributed by atoms with Crippen LogP contribution in [0.15, 0.2) is 36.5 Å². The van der Waals surface area contributed by atoms with Crippen LogP contribution in [-0.2, 0) is 14.2 Å². The number of aliphatic hydroxyl groups excluding tert-OH is 1. The van der Waals surface area contributed by atoms with Crippen molar-refractivity contribution in [3.63, 3.8) is 0 Å². The Morgan fingerprint density at radius 3 is 2.80 bits per heavy atom. The molecule has 1 aromatic carbocycles. The SMILES string of the molecule is Cc1nc([C@@H]2OC3COC(c4ccccc4)O[C@@H]3[C@H](N)C2O)n(-c2ncc(Cl)s2)n1. The second-order valence-electron chi connectivity index (χ2n) is 7.22. The average molecular weight is 450 g/mol. The number of nitrogens with zero attached hydrogens (tertiary/aromatic N) is 4. The van der Waals surface area contributed by atoms with E-state index in [1.165, 1.54) is 22.2 Å². The van der Waals surface area contributed by atoms with Crippen molar-refractivity contribution in [1.29, 1.82) is 0 Å². The summed E-state index contributed by atoms with van der Waals surface area (Å²) in [5.74, 6) is 0.924. The molecule has 11 heteroatoms. The van der Waals surface area contributed by atoms with Crippen LogP contribution in [-0.4, -0.2) is 55.8 Å². The van der Waals surface area contributed by atoms with Gasteiger partial charge in [0, 0.05) is 5.56 Å². The van der Waals surface area contributed by atoms with Crippen LogP contribution in [0.2, 0.25) is 4.34 Å². The van der Waals surface area contributed by atoms with E-state index in [1.807, 2.05) is 30.3 Å². The molecule has 0 bridgehead atoms. The van der Waals surface area contributed by atoms with Gasteiger partial charge >= 0.3 is 0 Å². The number of aliphatic hydroxyl groups is 1.